The van der Waals surface area contributed by atoms with Crippen molar-refractivity contribution in [2.24, 2.45) is 23.5 Å². The van der Waals surface area contributed by atoms with Crippen LogP contribution in [0.5, 0.6) is 0 Å². The van der Waals surface area contributed by atoms with Crippen molar-refractivity contribution in [3.05, 3.63) is 0 Å². The van der Waals surface area contributed by atoms with E-state index in [4.69, 9.17) is 5.73 Å². The van der Waals surface area contributed by atoms with Gasteiger partial charge in [0, 0.05) is 18.4 Å². The highest BCUT2D eigenvalue weighted by Crippen LogP contribution is 2.32. The molecule has 1 atom stereocenters. The van der Waals surface area contributed by atoms with E-state index in [0.29, 0.717) is 18.2 Å². The van der Waals surface area contributed by atoms with Gasteiger partial charge in [-0.25, -0.2) is 0 Å². The molecule has 1 fully saturated rings. The monoisotopic (exact) mass is 197 g/mol. The highest BCUT2D eigenvalue weighted by molar-refractivity contribution is 5.83. The van der Waals surface area contributed by atoms with E-state index in [-0.39, 0.29) is 5.92 Å². The van der Waals surface area contributed by atoms with Crippen LogP contribution in [0.1, 0.15) is 46.0 Å². The average Bonchev–Trinajstić information content (AvgIpc) is 2.27. The van der Waals surface area contributed by atoms with Crippen LogP contribution in [0.2, 0.25) is 0 Å². The molecule has 0 heterocycles. The summed E-state index contributed by atoms with van der Waals surface area (Å²) < 4.78 is 0. The topological polar surface area (TPSA) is 43.1 Å². The zero-order valence-electron chi connectivity index (χ0n) is 9.46. The lowest BCUT2D eigenvalue weighted by Gasteiger charge is -2.28. The lowest BCUT2D eigenvalue weighted by atomic mass is 9.77. The van der Waals surface area contributed by atoms with Crippen molar-refractivity contribution in [3.63, 3.8) is 0 Å². The minimum Gasteiger partial charge on any atom is -0.330 e. The Kier molecular flexibility index (Phi) is 4.59. The second-order valence-corrected chi connectivity index (χ2v) is 4.67. The van der Waals surface area contributed by atoms with Crippen LogP contribution in [0, 0.1) is 17.8 Å². The molecule has 0 bridgehead atoms. The third kappa shape index (κ3) is 2.81. The smallest absolute Gasteiger partial charge is 0.140 e. The molecular formula is C12H23NO. The van der Waals surface area contributed by atoms with Crippen LogP contribution in [-0.2, 0) is 4.79 Å². The summed E-state index contributed by atoms with van der Waals surface area (Å²) in [5.74, 6) is 1.66. The summed E-state index contributed by atoms with van der Waals surface area (Å²) >= 11 is 0. The summed E-state index contributed by atoms with van der Waals surface area (Å²) in [5.41, 5.74) is 5.51. The van der Waals surface area contributed by atoms with E-state index in [9.17, 15) is 4.79 Å². The second-order valence-electron chi connectivity index (χ2n) is 4.67. The fourth-order valence-electron chi connectivity index (χ4n) is 2.37. The van der Waals surface area contributed by atoms with Gasteiger partial charge in [0.15, 0.2) is 0 Å². The first-order valence-electron chi connectivity index (χ1n) is 5.92. The van der Waals surface area contributed by atoms with Gasteiger partial charge in [0.1, 0.15) is 5.78 Å². The lowest BCUT2D eigenvalue weighted by Crippen LogP contribution is -2.30. The molecule has 0 aromatic rings. The van der Waals surface area contributed by atoms with Crippen molar-refractivity contribution in [3.8, 4) is 0 Å². The first kappa shape index (κ1) is 11.7. The molecule has 2 heteroatoms. The van der Waals surface area contributed by atoms with Crippen LogP contribution in [0.25, 0.3) is 0 Å². The SMILES string of the molecule is CCC1CCC(C(=O)C(C)CN)CC1. The first-order chi connectivity index (χ1) is 6.69. The molecule has 0 amide bonds. The Hall–Kier alpha value is -0.370. The molecule has 0 aromatic heterocycles. The third-order valence-electron chi connectivity index (χ3n) is 3.67. The van der Waals surface area contributed by atoms with Crippen molar-refractivity contribution in [1.29, 1.82) is 0 Å². The highest BCUT2D eigenvalue weighted by atomic mass is 16.1. The first-order valence-corrected chi connectivity index (χ1v) is 5.92. The Balaban J connectivity index is 2.37. The maximum atomic E-state index is 11.8. The number of carbonyl (C=O) groups is 1. The van der Waals surface area contributed by atoms with E-state index in [0.717, 1.165) is 18.8 Å². The minimum atomic E-state index is 0.0678. The summed E-state index contributed by atoms with van der Waals surface area (Å²) in [4.78, 5) is 11.8. The Bertz CT molecular complexity index is 183. The van der Waals surface area contributed by atoms with Gasteiger partial charge in [-0.05, 0) is 31.6 Å². The van der Waals surface area contributed by atoms with Crippen molar-refractivity contribution >= 4 is 5.78 Å². The van der Waals surface area contributed by atoms with E-state index in [1.165, 1.54) is 19.3 Å². The van der Waals surface area contributed by atoms with Crippen LogP contribution >= 0.6 is 0 Å². The number of carbonyl (C=O) groups excluding carboxylic acids is 1. The number of nitrogens with two attached hydrogens (primary N) is 1. The molecule has 1 rings (SSSR count). The van der Waals surface area contributed by atoms with E-state index in [1.807, 2.05) is 6.92 Å². The minimum absolute atomic E-state index is 0.0678. The molecule has 2 N–H and O–H groups in total. The van der Waals surface area contributed by atoms with Gasteiger partial charge in [0.05, 0.1) is 0 Å². The molecule has 0 aliphatic heterocycles. The second kappa shape index (κ2) is 5.50. The molecule has 0 aromatic carbocycles. The normalized spacial score (nSPS) is 29.9. The van der Waals surface area contributed by atoms with Crippen LogP contribution in [0.3, 0.4) is 0 Å². The summed E-state index contributed by atoms with van der Waals surface area (Å²) in [6.45, 7) is 4.70. The Morgan fingerprint density at radius 1 is 1.36 bits per heavy atom. The molecule has 1 unspecified atom stereocenters. The van der Waals surface area contributed by atoms with Crippen LogP contribution in [-0.4, -0.2) is 12.3 Å². The molecular weight excluding hydrogens is 174 g/mol. The zero-order valence-corrected chi connectivity index (χ0v) is 9.46. The summed E-state index contributed by atoms with van der Waals surface area (Å²) in [5, 5.41) is 0. The summed E-state index contributed by atoms with van der Waals surface area (Å²) in [7, 11) is 0. The molecule has 0 radical (unpaired) electrons. The lowest BCUT2D eigenvalue weighted by molar-refractivity contribution is -0.127. The van der Waals surface area contributed by atoms with Gasteiger partial charge < -0.3 is 5.73 Å². The molecule has 14 heavy (non-hydrogen) atoms. The predicted octanol–water partition coefficient (Wildman–Crippen LogP) is 2.37. The summed E-state index contributed by atoms with van der Waals surface area (Å²) in [6, 6.07) is 0. The predicted molar refractivity (Wildman–Crippen MR) is 59.0 cm³/mol. The molecule has 1 saturated carbocycles. The van der Waals surface area contributed by atoms with Crippen molar-refractivity contribution in [2.45, 2.75) is 46.0 Å². The summed E-state index contributed by atoms with van der Waals surface area (Å²) in [6.07, 6.45) is 5.95. The Labute approximate surface area is 87.2 Å². The third-order valence-corrected chi connectivity index (χ3v) is 3.67. The largest absolute Gasteiger partial charge is 0.330 e. The van der Waals surface area contributed by atoms with Gasteiger partial charge in [0.25, 0.3) is 0 Å². The van der Waals surface area contributed by atoms with Gasteiger partial charge in [-0.1, -0.05) is 20.3 Å². The molecule has 2 nitrogen and oxygen atoms in total. The van der Waals surface area contributed by atoms with E-state index in [1.54, 1.807) is 0 Å². The molecule has 0 spiro atoms. The number of Topliss-reactive ketones (excluding diaryl/α,β-unsaturated/α-hetero) is 1. The van der Waals surface area contributed by atoms with Gasteiger partial charge >= 0.3 is 0 Å². The van der Waals surface area contributed by atoms with Gasteiger partial charge in [-0.3, -0.25) is 4.79 Å². The van der Waals surface area contributed by atoms with Crippen LogP contribution in [0.4, 0.5) is 0 Å². The molecule has 1 aliphatic carbocycles. The van der Waals surface area contributed by atoms with Gasteiger partial charge in [-0.15, -0.1) is 0 Å². The Morgan fingerprint density at radius 3 is 2.36 bits per heavy atom. The highest BCUT2D eigenvalue weighted by Gasteiger charge is 2.27. The van der Waals surface area contributed by atoms with Crippen molar-refractivity contribution in [2.75, 3.05) is 6.54 Å². The Morgan fingerprint density at radius 2 is 1.93 bits per heavy atom. The number of hydrogen-bond donors (Lipinski definition) is 1. The van der Waals surface area contributed by atoms with Crippen molar-refractivity contribution < 1.29 is 4.79 Å². The fraction of sp³-hybridized carbons (Fsp3) is 0.917. The fourth-order valence-corrected chi connectivity index (χ4v) is 2.37. The number of hydrogen-bond acceptors (Lipinski definition) is 2. The molecule has 1 aliphatic rings. The van der Waals surface area contributed by atoms with E-state index < -0.39 is 0 Å². The molecule has 82 valence electrons. The zero-order chi connectivity index (χ0) is 10.6. The van der Waals surface area contributed by atoms with Crippen LogP contribution < -0.4 is 5.73 Å². The standard InChI is InChI=1S/C12H23NO/c1-3-10-4-6-11(7-5-10)12(14)9(2)8-13/h9-11H,3-8,13H2,1-2H3. The van der Waals surface area contributed by atoms with Crippen molar-refractivity contribution in [1.82, 2.24) is 0 Å². The molecule has 0 saturated heterocycles. The number of ketones is 1. The van der Waals surface area contributed by atoms with Gasteiger partial charge in [0.2, 0.25) is 0 Å². The van der Waals surface area contributed by atoms with E-state index in [2.05, 4.69) is 6.92 Å². The number of rotatable bonds is 4. The van der Waals surface area contributed by atoms with Gasteiger partial charge in [-0.2, -0.15) is 0 Å². The van der Waals surface area contributed by atoms with E-state index >= 15 is 0 Å². The quantitative estimate of drug-likeness (QED) is 0.752. The maximum Gasteiger partial charge on any atom is 0.140 e. The van der Waals surface area contributed by atoms with Crippen LogP contribution in [0.15, 0.2) is 0 Å². The average molecular weight is 197 g/mol. The maximum absolute atomic E-state index is 11.8.